The molecule has 0 spiro atoms. The summed E-state index contributed by atoms with van der Waals surface area (Å²) >= 11 is 0. The molecule has 2 heterocycles. The van der Waals surface area contributed by atoms with Crippen LogP contribution in [0.4, 0.5) is 11.6 Å². The lowest BCUT2D eigenvalue weighted by molar-refractivity contribution is -0.142. The van der Waals surface area contributed by atoms with Gasteiger partial charge in [0.05, 0.1) is 0 Å². The van der Waals surface area contributed by atoms with E-state index in [2.05, 4.69) is 15.3 Å². The number of nitrogens with zero attached hydrogens (tertiary/aromatic N) is 4. The van der Waals surface area contributed by atoms with E-state index in [0.29, 0.717) is 13.1 Å². The maximum absolute atomic E-state index is 11.2. The SMILES string of the molecule is CC(C)Nc1cc(N2CCN(C)C(C(=O)O)C2)ncn1. The number of hydrogen-bond donors (Lipinski definition) is 2. The smallest absolute Gasteiger partial charge is 0.322 e. The number of nitrogens with one attached hydrogen (secondary N) is 1. The maximum atomic E-state index is 11.2. The van der Waals surface area contributed by atoms with Gasteiger partial charge < -0.3 is 15.3 Å². The van der Waals surface area contributed by atoms with Crippen LogP contribution in [0.3, 0.4) is 0 Å². The third kappa shape index (κ3) is 3.36. The molecule has 1 aliphatic rings. The van der Waals surface area contributed by atoms with Gasteiger partial charge in [0.25, 0.3) is 0 Å². The molecule has 0 saturated carbocycles. The molecule has 2 N–H and O–H groups in total. The van der Waals surface area contributed by atoms with Crippen molar-refractivity contribution in [1.82, 2.24) is 14.9 Å². The van der Waals surface area contributed by atoms with Gasteiger partial charge in [0.15, 0.2) is 0 Å². The topological polar surface area (TPSA) is 81.6 Å². The lowest BCUT2D eigenvalue weighted by Crippen LogP contribution is -2.55. The first kappa shape index (κ1) is 14.5. The largest absolute Gasteiger partial charge is 0.480 e. The van der Waals surface area contributed by atoms with Gasteiger partial charge in [-0.1, -0.05) is 0 Å². The van der Waals surface area contributed by atoms with Crippen molar-refractivity contribution in [2.75, 3.05) is 36.9 Å². The van der Waals surface area contributed by atoms with Crippen molar-refractivity contribution in [3.05, 3.63) is 12.4 Å². The summed E-state index contributed by atoms with van der Waals surface area (Å²) in [6.07, 6.45) is 1.51. The molecule has 1 aromatic heterocycles. The first-order chi connectivity index (χ1) is 9.47. The molecule has 1 saturated heterocycles. The van der Waals surface area contributed by atoms with Crippen LogP contribution < -0.4 is 10.2 Å². The first-order valence-electron chi connectivity index (χ1n) is 6.74. The zero-order valence-electron chi connectivity index (χ0n) is 12.1. The monoisotopic (exact) mass is 279 g/mol. The molecule has 1 aliphatic heterocycles. The fourth-order valence-corrected chi connectivity index (χ4v) is 2.24. The second-order valence-corrected chi connectivity index (χ2v) is 5.34. The van der Waals surface area contributed by atoms with Gasteiger partial charge in [0.2, 0.25) is 0 Å². The molecule has 1 atom stereocenters. The third-order valence-electron chi connectivity index (χ3n) is 3.35. The summed E-state index contributed by atoms with van der Waals surface area (Å²) in [5.74, 6) is 0.727. The number of aromatic nitrogens is 2. The number of aliphatic carboxylic acids is 1. The zero-order valence-corrected chi connectivity index (χ0v) is 12.1. The summed E-state index contributed by atoms with van der Waals surface area (Å²) in [7, 11) is 1.84. The first-order valence-corrected chi connectivity index (χ1v) is 6.74. The van der Waals surface area contributed by atoms with Crippen LogP contribution in [0.25, 0.3) is 0 Å². The van der Waals surface area contributed by atoms with E-state index in [4.69, 9.17) is 0 Å². The highest BCUT2D eigenvalue weighted by molar-refractivity contribution is 5.74. The molecule has 0 aliphatic carbocycles. The molecule has 1 unspecified atom stereocenters. The van der Waals surface area contributed by atoms with E-state index in [1.807, 2.05) is 36.8 Å². The van der Waals surface area contributed by atoms with Crippen LogP contribution in [-0.4, -0.2) is 64.7 Å². The number of likely N-dealkylation sites (N-methyl/N-ethyl adjacent to an activating group) is 1. The van der Waals surface area contributed by atoms with Gasteiger partial charge in [-0.05, 0) is 20.9 Å². The summed E-state index contributed by atoms with van der Waals surface area (Å²) in [5.41, 5.74) is 0. The van der Waals surface area contributed by atoms with Crippen molar-refractivity contribution in [2.45, 2.75) is 25.9 Å². The Labute approximate surface area is 118 Å². The minimum atomic E-state index is -0.799. The normalized spacial score (nSPS) is 20.2. The van der Waals surface area contributed by atoms with Crippen molar-refractivity contribution in [1.29, 1.82) is 0 Å². The average Bonchev–Trinajstić information content (AvgIpc) is 2.38. The number of rotatable bonds is 4. The van der Waals surface area contributed by atoms with Crippen LogP contribution in [0.5, 0.6) is 0 Å². The molecule has 20 heavy (non-hydrogen) atoms. The second kappa shape index (κ2) is 6.04. The highest BCUT2D eigenvalue weighted by Crippen LogP contribution is 2.18. The molecule has 1 aromatic rings. The van der Waals surface area contributed by atoms with Gasteiger partial charge in [-0.25, -0.2) is 9.97 Å². The van der Waals surface area contributed by atoms with Crippen LogP contribution in [0, 0.1) is 0 Å². The van der Waals surface area contributed by atoms with E-state index >= 15 is 0 Å². The van der Waals surface area contributed by atoms with Crippen LogP contribution in [0.1, 0.15) is 13.8 Å². The van der Waals surface area contributed by atoms with Gasteiger partial charge in [0, 0.05) is 31.7 Å². The summed E-state index contributed by atoms with van der Waals surface area (Å²) in [6.45, 7) is 5.98. The zero-order chi connectivity index (χ0) is 14.7. The van der Waals surface area contributed by atoms with Crippen molar-refractivity contribution in [3.8, 4) is 0 Å². The molecule has 0 bridgehead atoms. The van der Waals surface area contributed by atoms with Crippen LogP contribution in [-0.2, 0) is 4.79 Å². The molecule has 0 aromatic carbocycles. The minimum absolute atomic E-state index is 0.289. The van der Waals surface area contributed by atoms with E-state index in [9.17, 15) is 9.90 Å². The fraction of sp³-hybridized carbons (Fsp3) is 0.615. The molecule has 0 amide bonds. The summed E-state index contributed by atoms with van der Waals surface area (Å²) in [4.78, 5) is 23.5. The number of carbonyl (C=O) groups is 1. The number of anilines is 2. The number of hydrogen-bond acceptors (Lipinski definition) is 6. The van der Waals surface area contributed by atoms with Gasteiger partial charge in [-0.15, -0.1) is 0 Å². The molecule has 2 rings (SSSR count). The number of carboxylic acids is 1. The van der Waals surface area contributed by atoms with Crippen molar-refractivity contribution >= 4 is 17.6 Å². The molecular formula is C13H21N5O2. The van der Waals surface area contributed by atoms with E-state index < -0.39 is 12.0 Å². The predicted molar refractivity (Wildman–Crippen MR) is 77.1 cm³/mol. The van der Waals surface area contributed by atoms with E-state index in [1.165, 1.54) is 6.33 Å². The lowest BCUT2D eigenvalue weighted by atomic mass is 10.2. The van der Waals surface area contributed by atoms with Gasteiger partial charge in [-0.3, -0.25) is 9.69 Å². The quantitative estimate of drug-likeness (QED) is 0.830. The van der Waals surface area contributed by atoms with Gasteiger partial charge in [0.1, 0.15) is 24.0 Å². The van der Waals surface area contributed by atoms with Crippen molar-refractivity contribution < 1.29 is 9.90 Å². The molecule has 7 heteroatoms. The number of piperazine rings is 1. The molecular weight excluding hydrogens is 258 g/mol. The Hall–Kier alpha value is -1.89. The van der Waals surface area contributed by atoms with E-state index in [-0.39, 0.29) is 6.04 Å². The molecule has 1 fully saturated rings. The van der Waals surface area contributed by atoms with Crippen molar-refractivity contribution in [3.63, 3.8) is 0 Å². The Balaban J connectivity index is 2.13. The Kier molecular flexibility index (Phi) is 4.39. The average molecular weight is 279 g/mol. The predicted octanol–water partition coefficient (Wildman–Crippen LogP) is 0.502. The standard InChI is InChI=1S/C13H21N5O2/c1-9(2)16-11-6-12(15-8-14-11)18-5-4-17(3)10(7-18)13(19)20/h6,8-10H,4-5,7H2,1-3H3,(H,19,20)(H,14,15,16). The van der Waals surface area contributed by atoms with Crippen LogP contribution in [0.15, 0.2) is 12.4 Å². The Morgan fingerprint density at radius 2 is 2.20 bits per heavy atom. The van der Waals surface area contributed by atoms with Gasteiger partial charge >= 0.3 is 5.97 Å². The third-order valence-corrected chi connectivity index (χ3v) is 3.35. The summed E-state index contributed by atoms with van der Waals surface area (Å²) in [6, 6.07) is 1.65. The Morgan fingerprint density at radius 3 is 2.85 bits per heavy atom. The van der Waals surface area contributed by atoms with Gasteiger partial charge in [-0.2, -0.15) is 0 Å². The number of carboxylic acid groups (broad SMARTS) is 1. The highest BCUT2D eigenvalue weighted by atomic mass is 16.4. The molecule has 0 radical (unpaired) electrons. The van der Waals surface area contributed by atoms with E-state index in [0.717, 1.165) is 18.2 Å². The fourth-order valence-electron chi connectivity index (χ4n) is 2.24. The summed E-state index contributed by atoms with van der Waals surface area (Å²) in [5, 5.41) is 12.5. The van der Waals surface area contributed by atoms with Crippen molar-refractivity contribution in [2.24, 2.45) is 0 Å². The molecule has 110 valence electrons. The van der Waals surface area contributed by atoms with E-state index in [1.54, 1.807) is 0 Å². The Bertz CT molecular complexity index is 480. The highest BCUT2D eigenvalue weighted by Gasteiger charge is 2.30. The van der Waals surface area contributed by atoms with Crippen LogP contribution >= 0.6 is 0 Å². The summed E-state index contributed by atoms with van der Waals surface area (Å²) < 4.78 is 0. The van der Waals surface area contributed by atoms with Crippen LogP contribution in [0.2, 0.25) is 0 Å². The lowest BCUT2D eigenvalue weighted by Gasteiger charge is -2.37. The Morgan fingerprint density at radius 1 is 1.45 bits per heavy atom. The second-order valence-electron chi connectivity index (χ2n) is 5.34. The molecule has 7 nitrogen and oxygen atoms in total. The minimum Gasteiger partial charge on any atom is -0.480 e. The maximum Gasteiger partial charge on any atom is 0.322 e.